The molecule has 1 aliphatic rings. The third-order valence-corrected chi connectivity index (χ3v) is 2.96. The number of likely N-dealkylation sites (N-methyl/N-ethyl adjacent to an activating group) is 1. The van der Waals surface area contributed by atoms with Crippen molar-refractivity contribution >= 4 is 11.8 Å². The molecule has 0 spiro atoms. The Morgan fingerprint density at radius 3 is 2.53 bits per heavy atom. The molecule has 1 rings (SSSR count). The summed E-state index contributed by atoms with van der Waals surface area (Å²) >= 11 is 0.0519. The summed E-state index contributed by atoms with van der Waals surface area (Å²) in [5, 5.41) is 3.32. The zero-order chi connectivity index (χ0) is 11.3. The monoisotopic (exact) mass is 242 g/mol. The number of hydrogen-bond acceptors (Lipinski definition) is 3. The molecule has 0 aromatic heterocycles. The molecule has 1 fully saturated rings. The predicted octanol–water partition coefficient (Wildman–Crippen LogP) is 1.92. The number of nitrogens with one attached hydrogen (secondary N) is 1. The molecule has 0 atom stereocenters. The van der Waals surface area contributed by atoms with Crippen LogP contribution in [0.5, 0.6) is 0 Å². The van der Waals surface area contributed by atoms with Crippen molar-refractivity contribution in [1.29, 1.82) is 0 Å². The van der Waals surface area contributed by atoms with Gasteiger partial charge in [0.1, 0.15) is 0 Å². The SMILES string of the molecule is CN(CCNC1CC1)CCSC(F)(F)F. The summed E-state index contributed by atoms with van der Waals surface area (Å²) in [6.07, 6.45) is 2.49. The van der Waals surface area contributed by atoms with Crippen molar-refractivity contribution in [2.45, 2.75) is 24.4 Å². The van der Waals surface area contributed by atoms with Crippen LogP contribution in [0.4, 0.5) is 13.2 Å². The van der Waals surface area contributed by atoms with E-state index >= 15 is 0 Å². The predicted molar refractivity (Wildman–Crippen MR) is 57.0 cm³/mol. The standard InChI is InChI=1S/C9H17F3N2S/c1-14(5-4-13-8-2-3-8)6-7-15-9(10,11)12/h8,13H,2-7H2,1H3. The van der Waals surface area contributed by atoms with Gasteiger partial charge in [-0.2, -0.15) is 13.2 Å². The van der Waals surface area contributed by atoms with Gasteiger partial charge in [-0.05, 0) is 31.7 Å². The Morgan fingerprint density at radius 1 is 1.33 bits per heavy atom. The normalized spacial score (nSPS) is 17.4. The van der Waals surface area contributed by atoms with E-state index in [4.69, 9.17) is 0 Å². The molecular weight excluding hydrogens is 225 g/mol. The maximum absolute atomic E-state index is 11.8. The smallest absolute Gasteiger partial charge is 0.313 e. The molecule has 15 heavy (non-hydrogen) atoms. The van der Waals surface area contributed by atoms with Crippen molar-refractivity contribution in [2.24, 2.45) is 0 Å². The number of thioether (sulfide) groups is 1. The fourth-order valence-corrected chi connectivity index (χ4v) is 1.81. The maximum Gasteiger partial charge on any atom is 0.441 e. The van der Waals surface area contributed by atoms with Crippen molar-refractivity contribution in [3.8, 4) is 0 Å². The highest BCUT2D eigenvalue weighted by Gasteiger charge is 2.27. The average Bonchev–Trinajstić information content (AvgIpc) is 2.85. The van der Waals surface area contributed by atoms with Crippen LogP contribution in [0.15, 0.2) is 0 Å². The average molecular weight is 242 g/mol. The van der Waals surface area contributed by atoms with Crippen molar-refractivity contribution in [2.75, 3.05) is 32.4 Å². The number of alkyl halides is 3. The van der Waals surface area contributed by atoms with Crippen LogP contribution in [0, 0.1) is 0 Å². The Morgan fingerprint density at radius 2 is 2.00 bits per heavy atom. The van der Waals surface area contributed by atoms with Crippen LogP contribution in [0.3, 0.4) is 0 Å². The number of nitrogens with zero attached hydrogens (tertiary/aromatic N) is 1. The van der Waals surface area contributed by atoms with Gasteiger partial charge in [-0.3, -0.25) is 0 Å². The first-order valence-corrected chi connectivity index (χ1v) is 6.08. The Kier molecular flexibility index (Phi) is 5.22. The summed E-state index contributed by atoms with van der Waals surface area (Å²) in [7, 11) is 1.85. The van der Waals surface area contributed by atoms with Crippen LogP contribution in [-0.4, -0.2) is 48.9 Å². The van der Waals surface area contributed by atoms with E-state index in [1.54, 1.807) is 0 Å². The highest BCUT2D eigenvalue weighted by molar-refractivity contribution is 8.00. The molecule has 0 heterocycles. The van der Waals surface area contributed by atoms with E-state index in [2.05, 4.69) is 5.32 Å². The van der Waals surface area contributed by atoms with Crippen LogP contribution in [0.2, 0.25) is 0 Å². The summed E-state index contributed by atoms with van der Waals surface area (Å²) in [6.45, 7) is 2.17. The van der Waals surface area contributed by atoms with E-state index in [1.807, 2.05) is 11.9 Å². The lowest BCUT2D eigenvalue weighted by molar-refractivity contribution is -0.0328. The van der Waals surface area contributed by atoms with E-state index in [-0.39, 0.29) is 17.5 Å². The molecule has 6 heteroatoms. The van der Waals surface area contributed by atoms with E-state index < -0.39 is 5.51 Å². The second-order valence-corrected chi connectivity index (χ2v) is 4.99. The first-order valence-electron chi connectivity index (χ1n) is 5.10. The third kappa shape index (κ3) is 7.93. The zero-order valence-corrected chi connectivity index (χ0v) is 9.63. The molecular formula is C9H17F3N2S. The van der Waals surface area contributed by atoms with Crippen molar-refractivity contribution in [3.05, 3.63) is 0 Å². The Balaban J connectivity index is 1.90. The largest absolute Gasteiger partial charge is 0.441 e. The molecule has 0 aliphatic heterocycles. The first-order chi connectivity index (χ1) is 6.97. The van der Waals surface area contributed by atoms with Gasteiger partial charge >= 0.3 is 5.51 Å². The van der Waals surface area contributed by atoms with Crippen LogP contribution >= 0.6 is 11.8 Å². The van der Waals surface area contributed by atoms with Gasteiger partial charge in [-0.25, -0.2) is 0 Å². The summed E-state index contributed by atoms with van der Waals surface area (Å²) < 4.78 is 35.4. The number of rotatable bonds is 7. The fraction of sp³-hybridized carbons (Fsp3) is 1.00. The molecule has 0 saturated heterocycles. The lowest BCUT2D eigenvalue weighted by Crippen LogP contribution is -2.31. The fourth-order valence-electron chi connectivity index (χ4n) is 1.18. The van der Waals surface area contributed by atoms with Crippen molar-refractivity contribution < 1.29 is 13.2 Å². The molecule has 0 aromatic rings. The van der Waals surface area contributed by atoms with Gasteiger partial charge in [-0.15, -0.1) is 0 Å². The molecule has 0 unspecified atom stereocenters. The zero-order valence-electron chi connectivity index (χ0n) is 8.81. The summed E-state index contributed by atoms with van der Waals surface area (Å²) in [5.74, 6) is 0.115. The molecule has 90 valence electrons. The van der Waals surface area contributed by atoms with Gasteiger partial charge in [0, 0.05) is 31.4 Å². The summed E-state index contributed by atoms with van der Waals surface area (Å²) in [6, 6.07) is 0.669. The van der Waals surface area contributed by atoms with Crippen LogP contribution in [0.25, 0.3) is 0 Å². The Bertz CT molecular complexity index is 183. The lowest BCUT2D eigenvalue weighted by Gasteiger charge is -2.16. The Hall–Kier alpha value is 0.0600. The number of hydrogen-bond donors (Lipinski definition) is 1. The molecule has 0 aromatic carbocycles. The lowest BCUT2D eigenvalue weighted by atomic mass is 10.5. The second-order valence-electron chi connectivity index (χ2n) is 3.83. The van der Waals surface area contributed by atoms with Gasteiger partial charge in [0.2, 0.25) is 0 Å². The molecule has 0 bridgehead atoms. The third-order valence-electron chi connectivity index (χ3n) is 2.24. The summed E-state index contributed by atoms with van der Waals surface area (Å²) in [5.41, 5.74) is -4.09. The van der Waals surface area contributed by atoms with Gasteiger partial charge in [0.25, 0.3) is 0 Å². The highest BCUT2D eigenvalue weighted by atomic mass is 32.2. The quantitative estimate of drug-likeness (QED) is 0.734. The van der Waals surface area contributed by atoms with Gasteiger partial charge in [-0.1, -0.05) is 0 Å². The summed E-state index contributed by atoms with van der Waals surface area (Å²) in [4.78, 5) is 1.92. The Labute approximate surface area is 92.6 Å². The van der Waals surface area contributed by atoms with E-state index in [9.17, 15) is 13.2 Å². The van der Waals surface area contributed by atoms with E-state index in [0.29, 0.717) is 12.6 Å². The van der Waals surface area contributed by atoms with Gasteiger partial charge < -0.3 is 10.2 Å². The van der Waals surface area contributed by atoms with Crippen LogP contribution in [-0.2, 0) is 0 Å². The molecule has 0 radical (unpaired) electrons. The van der Waals surface area contributed by atoms with Crippen molar-refractivity contribution in [1.82, 2.24) is 10.2 Å². The van der Waals surface area contributed by atoms with Crippen LogP contribution < -0.4 is 5.32 Å². The maximum atomic E-state index is 11.8. The molecule has 1 saturated carbocycles. The highest BCUT2D eigenvalue weighted by Crippen LogP contribution is 2.29. The van der Waals surface area contributed by atoms with Crippen molar-refractivity contribution in [3.63, 3.8) is 0 Å². The minimum atomic E-state index is -4.09. The van der Waals surface area contributed by atoms with E-state index in [1.165, 1.54) is 12.8 Å². The van der Waals surface area contributed by atoms with Gasteiger partial charge in [0.05, 0.1) is 0 Å². The number of halogens is 3. The van der Waals surface area contributed by atoms with E-state index in [0.717, 1.165) is 13.1 Å². The molecule has 1 N–H and O–H groups in total. The molecule has 2 nitrogen and oxygen atoms in total. The minimum absolute atomic E-state index is 0.0519. The molecule has 0 amide bonds. The van der Waals surface area contributed by atoms with Gasteiger partial charge in [0.15, 0.2) is 0 Å². The first kappa shape index (κ1) is 13.1. The van der Waals surface area contributed by atoms with Crippen LogP contribution in [0.1, 0.15) is 12.8 Å². The topological polar surface area (TPSA) is 15.3 Å². The minimum Gasteiger partial charge on any atom is -0.313 e. The molecule has 1 aliphatic carbocycles. The second kappa shape index (κ2) is 5.96.